The van der Waals surface area contributed by atoms with Gasteiger partial charge in [0.2, 0.25) is 0 Å². The minimum absolute atomic E-state index is 0.0667. The van der Waals surface area contributed by atoms with Gasteiger partial charge in [-0.2, -0.15) is 0 Å². The molecule has 5 nitrogen and oxygen atoms in total. The van der Waals surface area contributed by atoms with Crippen molar-refractivity contribution in [3.63, 3.8) is 0 Å². The topological polar surface area (TPSA) is 80.7 Å². The van der Waals surface area contributed by atoms with Crippen LogP contribution in [0.15, 0.2) is 60.7 Å². The number of aliphatic carboxylic acids is 1. The smallest absolute Gasteiger partial charge is 0.340 e. The second kappa shape index (κ2) is 9.35. The monoisotopic (exact) mass is 262 g/mol. The fourth-order valence-corrected chi connectivity index (χ4v) is 0.737. The molecule has 1 rings (SSSR count). The van der Waals surface area contributed by atoms with Crippen LogP contribution in [0.3, 0.4) is 0 Å². The molecule has 5 heteroatoms. The van der Waals surface area contributed by atoms with Crippen molar-refractivity contribution in [1.29, 1.82) is 0 Å². The predicted molar refractivity (Wildman–Crippen MR) is 69.1 cm³/mol. The van der Waals surface area contributed by atoms with Crippen LogP contribution in [0, 0.1) is 0 Å². The SMILES string of the molecule is C=C(C)C(=O)OC(=O)/C=C\C(=O)O.c1ccccc1. The van der Waals surface area contributed by atoms with Crippen LogP contribution in [0.4, 0.5) is 0 Å². The van der Waals surface area contributed by atoms with Gasteiger partial charge in [0.15, 0.2) is 0 Å². The third-order valence-corrected chi connectivity index (χ3v) is 1.57. The van der Waals surface area contributed by atoms with Gasteiger partial charge >= 0.3 is 17.9 Å². The fraction of sp³-hybridized carbons (Fsp3) is 0.0714. The standard InChI is InChI=1S/C8H8O5.C6H6/c1-5(2)8(12)13-7(11)4-3-6(9)10;1-2-4-6-5-3-1/h3-4H,1H2,2H3,(H,9,10);1-6H/b4-3-;. The quantitative estimate of drug-likeness (QED) is 0.511. The molecule has 1 N–H and O–H groups in total. The van der Waals surface area contributed by atoms with Gasteiger partial charge in [-0.25, -0.2) is 14.4 Å². The number of esters is 2. The van der Waals surface area contributed by atoms with Crippen LogP contribution >= 0.6 is 0 Å². The van der Waals surface area contributed by atoms with Gasteiger partial charge in [-0.05, 0) is 6.92 Å². The van der Waals surface area contributed by atoms with Gasteiger partial charge < -0.3 is 9.84 Å². The summed E-state index contributed by atoms with van der Waals surface area (Å²) in [6.45, 7) is 4.61. The molecule has 0 bridgehead atoms. The van der Waals surface area contributed by atoms with E-state index in [4.69, 9.17) is 5.11 Å². The molecule has 0 atom stereocenters. The Morgan fingerprint density at radius 3 is 1.74 bits per heavy atom. The van der Waals surface area contributed by atoms with Crippen molar-refractivity contribution >= 4 is 17.9 Å². The van der Waals surface area contributed by atoms with E-state index >= 15 is 0 Å². The number of carboxylic acids is 1. The molecule has 0 aliphatic heterocycles. The molecule has 0 fully saturated rings. The van der Waals surface area contributed by atoms with Crippen LogP contribution in [-0.2, 0) is 19.1 Å². The van der Waals surface area contributed by atoms with Crippen LogP contribution in [0.5, 0.6) is 0 Å². The average Bonchev–Trinajstić information content (AvgIpc) is 2.39. The third-order valence-electron chi connectivity index (χ3n) is 1.57. The van der Waals surface area contributed by atoms with Crippen LogP contribution < -0.4 is 0 Å². The first-order chi connectivity index (χ1) is 8.93. The fourth-order valence-electron chi connectivity index (χ4n) is 0.737. The number of carbonyl (C=O) groups excluding carboxylic acids is 2. The first kappa shape index (κ1) is 16.3. The molecule has 19 heavy (non-hydrogen) atoms. The molecule has 0 amide bonds. The predicted octanol–water partition coefficient (Wildman–Crippen LogP) is 1.96. The zero-order valence-electron chi connectivity index (χ0n) is 10.4. The maximum absolute atomic E-state index is 10.7. The van der Waals surface area contributed by atoms with Gasteiger partial charge in [0.25, 0.3) is 0 Å². The number of hydrogen-bond acceptors (Lipinski definition) is 4. The summed E-state index contributed by atoms with van der Waals surface area (Å²) in [4.78, 5) is 31.2. The average molecular weight is 262 g/mol. The highest BCUT2D eigenvalue weighted by atomic mass is 16.6. The van der Waals surface area contributed by atoms with E-state index in [9.17, 15) is 14.4 Å². The van der Waals surface area contributed by atoms with Crippen molar-refractivity contribution in [2.75, 3.05) is 0 Å². The molecule has 0 radical (unpaired) electrons. The number of carbonyl (C=O) groups is 3. The highest BCUT2D eigenvalue weighted by molar-refractivity contribution is 6.00. The summed E-state index contributed by atoms with van der Waals surface area (Å²) in [5.74, 6) is -3.20. The van der Waals surface area contributed by atoms with E-state index in [1.807, 2.05) is 36.4 Å². The molecule has 0 aromatic heterocycles. The van der Waals surface area contributed by atoms with Crippen molar-refractivity contribution < 1.29 is 24.2 Å². The summed E-state index contributed by atoms with van der Waals surface area (Å²) in [6.07, 6.45) is 1.22. The lowest BCUT2D eigenvalue weighted by atomic mass is 10.4. The Labute approximate surface area is 110 Å². The summed E-state index contributed by atoms with van der Waals surface area (Å²) >= 11 is 0. The van der Waals surface area contributed by atoms with Gasteiger partial charge in [0, 0.05) is 17.7 Å². The number of hydrogen-bond donors (Lipinski definition) is 1. The Kier molecular flexibility index (Phi) is 8.03. The van der Waals surface area contributed by atoms with Gasteiger partial charge in [0.1, 0.15) is 0 Å². The molecule has 0 aliphatic carbocycles. The van der Waals surface area contributed by atoms with E-state index in [1.54, 1.807) is 0 Å². The van der Waals surface area contributed by atoms with Gasteiger partial charge in [-0.3, -0.25) is 0 Å². The van der Waals surface area contributed by atoms with E-state index in [0.29, 0.717) is 12.2 Å². The molecular formula is C14H14O5. The maximum Gasteiger partial charge on any atom is 0.340 e. The third kappa shape index (κ3) is 10.2. The van der Waals surface area contributed by atoms with E-state index < -0.39 is 17.9 Å². The van der Waals surface area contributed by atoms with Gasteiger partial charge in [0.05, 0.1) is 0 Å². The van der Waals surface area contributed by atoms with Crippen LogP contribution in [0.25, 0.3) is 0 Å². The Bertz CT molecular complexity index is 447. The molecule has 0 saturated carbocycles. The molecule has 1 aromatic rings. The zero-order chi connectivity index (χ0) is 14.7. The lowest BCUT2D eigenvalue weighted by molar-refractivity contribution is -0.153. The second-order valence-electron chi connectivity index (χ2n) is 3.32. The molecule has 0 heterocycles. The minimum Gasteiger partial charge on any atom is -0.478 e. The second-order valence-corrected chi connectivity index (χ2v) is 3.32. The van der Waals surface area contributed by atoms with Gasteiger partial charge in [-0.15, -0.1) is 0 Å². The summed E-state index contributed by atoms with van der Waals surface area (Å²) in [5.41, 5.74) is 0.0667. The van der Waals surface area contributed by atoms with Crippen LogP contribution in [0.1, 0.15) is 6.92 Å². The van der Waals surface area contributed by atoms with Crippen molar-refractivity contribution in [2.24, 2.45) is 0 Å². The zero-order valence-corrected chi connectivity index (χ0v) is 10.4. The summed E-state index contributed by atoms with van der Waals surface area (Å²) in [7, 11) is 0. The lowest BCUT2D eigenvalue weighted by Gasteiger charge is -1.96. The van der Waals surface area contributed by atoms with Crippen molar-refractivity contribution in [3.8, 4) is 0 Å². The Morgan fingerprint density at radius 1 is 1.00 bits per heavy atom. The molecule has 1 aromatic carbocycles. The van der Waals surface area contributed by atoms with Crippen molar-refractivity contribution in [1.82, 2.24) is 0 Å². The highest BCUT2D eigenvalue weighted by Gasteiger charge is 2.07. The van der Waals surface area contributed by atoms with Crippen molar-refractivity contribution in [3.05, 3.63) is 60.7 Å². The summed E-state index contributed by atoms with van der Waals surface area (Å²) < 4.78 is 4.13. The number of carboxylic acid groups (broad SMARTS) is 1. The summed E-state index contributed by atoms with van der Waals surface area (Å²) in [6, 6.07) is 12.0. The first-order valence-corrected chi connectivity index (χ1v) is 5.26. The normalized spacial score (nSPS) is 9.11. The van der Waals surface area contributed by atoms with Crippen LogP contribution in [0.2, 0.25) is 0 Å². The molecule has 0 aliphatic rings. The lowest BCUT2D eigenvalue weighted by Crippen LogP contribution is -2.10. The van der Waals surface area contributed by atoms with E-state index in [-0.39, 0.29) is 5.57 Å². The number of ether oxygens (including phenoxy) is 1. The Morgan fingerprint density at radius 2 is 1.42 bits per heavy atom. The van der Waals surface area contributed by atoms with Gasteiger partial charge in [-0.1, -0.05) is 43.0 Å². The number of benzene rings is 1. The number of rotatable bonds is 3. The first-order valence-electron chi connectivity index (χ1n) is 5.26. The Hall–Kier alpha value is -2.69. The maximum atomic E-state index is 10.7. The van der Waals surface area contributed by atoms with Crippen LogP contribution in [-0.4, -0.2) is 23.0 Å². The molecule has 0 saturated heterocycles. The van der Waals surface area contributed by atoms with E-state index in [1.165, 1.54) is 6.92 Å². The highest BCUT2D eigenvalue weighted by Crippen LogP contribution is 1.93. The molecule has 0 unspecified atom stereocenters. The molecule has 0 spiro atoms. The van der Waals surface area contributed by atoms with E-state index in [0.717, 1.165) is 0 Å². The Balaban J connectivity index is 0.000000443. The van der Waals surface area contributed by atoms with E-state index in [2.05, 4.69) is 11.3 Å². The minimum atomic E-state index is -1.29. The summed E-state index contributed by atoms with van der Waals surface area (Å²) in [5, 5.41) is 8.11. The molecule has 100 valence electrons. The van der Waals surface area contributed by atoms with Crippen molar-refractivity contribution in [2.45, 2.75) is 6.92 Å². The molecular weight excluding hydrogens is 248 g/mol. The largest absolute Gasteiger partial charge is 0.478 e.